The number of imide groups is 1. The van der Waals surface area contributed by atoms with Crippen LogP contribution in [0, 0.1) is 0 Å². The van der Waals surface area contributed by atoms with E-state index in [4.69, 9.17) is 0 Å². The number of halogens is 2. The number of rotatable bonds is 4. The molecule has 6 nitrogen and oxygen atoms in total. The van der Waals surface area contributed by atoms with Crippen LogP contribution >= 0.6 is 0 Å². The Kier molecular flexibility index (Phi) is 3.95. The maximum atomic E-state index is 12.4. The number of nitrogens with zero attached hydrogens (tertiary/aromatic N) is 2. The van der Waals surface area contributed by atoms with Crippen LogP contribution in [-0.2, 0) is 21.2 Å². The summed E-state index contributed by atoms with van der Waals surface area (Å²) in [6.45, 7) is -0.0479. The smallest absolute Gasteiger partial charge is 0.318 e. The van der Waals surface area contributed by atoms with Crippen LogP contribution in [0.15, 0.2) is 29.2 Å². The standard InChI is InChI=1S/C12H12F2N2O4S/c1-15-7-10(17)16(12(15)18)6-8-2-4-9(5-3-8)21(19,20)11(13)14/h2-5,11H,6-7H2,1H3. The van der Waals surface area contributed by atoms with Crippen molar-refractivity contribution in [2.75, 3.05) is 13.6 Å². The highest BCUT2D eigenvalue weighted by Crippen LogP contribution is 2.20. The predicted molar refractivity (Wildman–Crippen MR) is 68.2 cm³/mol. The molecule has 0 saturated carbocycles. The molecule has 9 heteroatoms. The summed E-state index contributed by atoms with van der Waals surface area (Å²) < 4.78 is 47.3. The summed E-state index contributed by atoms with van der Waals surface area (Å²) in [4.78, 5) is 25.0. The highest BCUT2D eigenvalue weighted by Gasteiger charge is 2.33. The van der Waals surface area contributed by atoms with E-state index in [0.717, 1.165) is 17.0 Å². The van der Waals surface area contributed by atoms with E-state index in [9.17, 15) is 26.8 Å². The zero-order valence-electron chi connectivity index (χ0n) is 11.0. The van der Waals surface area contributed by atoms with E-state index in [2.05, 4.69) is 0 Å². The molecule has 1 aliphatic heterocycles. The van der Waals surface area contributed by atoms with Crippen LogP contribution in [0.2, 0.25) is 0 Å². The molecule has 1 aromatic rings. The average molecular weight is 318 g/mol. The maximum Gasteiger partial charge on any atom is 0.341 e. The number of sulfone groups is 1. The van der Waals surface area contributed by atoms with E-state index in [0.29, 0.717) is 5.56 Å². The number of hydrogen-bond acceptors (Lipinski definition) is 4. The van der Waals surface area contributed by atoms with E-state index >= 15 is 0 Å². The monoisotopic (exact) mass is 318 g/mol. The topological polar surface area (TPSA) is 74.8 Å². The molecule has 1 fully saturated rings. The fourth-order valence-corrected chi connectivity index (χ4v) is 2.62. The predicted octanol–water partition coefficient (Wildman–Crippen LogP) is 1.08. The van der Waals surface area contributed by atoms with Gasteiger partial charge in [-0.1, -0.05) is 12.1 Å². The normalized spacial score (nSPS) is 16.2. The fourth-order valence-electron chi connectivity index (χ4n) is 1.89. The molecule has 21 heavy (non-hydrogen) atoms. The summed E-state index contributed by atoms with van der Waals surface area (Å²) in [7, 11) is -3.16. The second kappa shape index (κ2) is 5.40. The Bertz CT molecular complexity index is 673. The summed E-state index contributed by atoms with van der Waals surface area (Å²) in [5.74, 6) is -3.86. The third-order valence-corrected chi connectivity index (χ3v) is 4.46. The molecule has 0 bridgehead atoms. The first-order valence-corrected chi connectivity index (χ1v) is 7.44. The average Bonchev–Trinajstić information content (AvgIpc) is 2.66. The van der Waals surface area contributed by atoms with E-state index in [1.54, 1.807) is 0 Å². The molecule has 1 aliphatic rings. The Morgan fingerprint density at radius 2 is 1.76 bits per heavy atom. The molecule has 0 spiro atoms. The Balaban J connectivity index is 2.18. The molecular weight excluding hydrogens is 306 g/mol. The van der Waals surface area contributed by atoms with Crippen molar-refractivity contribution in [2.45, 2.75) is 17.2 Å². The minimum Gasteiger partial charge on any atom is -0.318 e. The van der Waals surface area contributed by atoms with Crippen LogP contribution in [-0.4, -0.2) is 49.5 Å². The van der Waals surface area contributed by atoms with Gasteiger partial charge in [0.25, 0.3) is 5.91 Å². The summed E-state index contributed by atoms with van der Waals surface area (Å²) in [6.07, 6.45) is 0. The first-order valence-electron chi connectivity index (χ1n) is 5.90. The van der Waals surface area contributed by atoms with E-state index in [-0.39, 0.29) is 19.0 Å². The molecular formula is C12H12F2N2O4S. The molecule has 0 aromatic heterocycles. The van der Waals surface area contributed by atoms with Gasteiger partial charge in [0, 0.05) is 7.05 Å². The van der Waals surface area contributed by atoms with Crippen LogP contribution in [0.25, 0.3) is 0 Å². The number of benzene rings is 1. The Morgan fingerprint density at radius 1 is 1.19 bits per heavy atom. The molecule has 1 heterocycles. The second-order valence-corrected chi connectivity index (χ2v) is 6.49. The van der Waals surface area contributed by atoms with E-state index in [1.807, 2.05) is 0 Å². The van der Waals surface area contributed by atoms with Crippen LogP contribution < -0.4 is 0 Å². The molecule has 0 unspecified atom stereocenters. The van der Waals surface area contributed by atoms with Crippen molar-refractivity contribution >= 4 is 21.8 Å². The molecule has 1 aromatic carbocycles. The van der Waals surface area contributed by atoms with Crippen molar-refractivity contribution in [2.24, 2.45) is 0 Å². The molecule has 2 rings (SSSR count). The Hall–Kier alpha value is -2.03. The van der Waals surface area contributed by atoms with Crippen LogP contribution in [0.3, 0.4) is 0 Å². The van der Waals surface area contributed by atoms with Crippen molar-refractivity contribution in [1.82, 2.24) is 9.80 Å². The van der Waals surface area contributed by atoms with Crippen LogP contribution in [0.4, 0.5) is 13.6 Å². The van der Waals surface area contributed by atoms with Crippen LogP contribution in [0.1, 0.15) is 5.56 Å². The number of likely N-dealkylation sites (N-methyl/N-ethyl adjacent to an activating group) is 1. The van der Waals surface area contributed by atoms with Gasteiger partial charge in [-0.2, -0.15) is 8.78 Å². The number of carbonyl (C=O) groups excluding carboxylic acids is 2. The van der Waals surface area contributed by atoms with Gasteiger partial charge < -0.3 is 4.90 Å². The zero-order valence-corrected chi connectivity index (χ0v) is 11.8. The van der Waals surface area contributed by atoms with Crippen molar-refractivity contribution in [3.63, 3.8) is 0 Å². The number of hydrogen-bond donors (Lipinski definition) is 0. The third-order valence-electron chi connectivity index (χ3n) is 3.06. The van der Waals surface area contributed by atoms with Crippen molar-refractivity contribution in [1.29, 1.82) is 0 Å². The van der Waals surface area contributed by atoms with Crippen molar-refractivity contribution in [3.8, 4) is 0 Å². The van der Waals surface area contributed by atoms with Gasteiger partial charge in [0.1, 0.15) is 6.54 Å². The molecule has 0 radical (unpaired) electrons. The number of urea groups is 1. The SMILES string of the molecule is CN1CC(=O)N(Cc2ccc(S(=O)(=O)C(F)F)cc2)C1=O. The van der Waals surface area contributed by atoms with E-state index in [1.165, 1.54) is 24.1 Å². The lowest BCUT2D eigenvalue weighted by molar-refractivity contribution is -0.125. The lowest BCUT2D eigenvalue weighted by atomic mass is 10.2. The molecule has 0 aliphatic carbocycles. The number of amides is 3. The summed E-state index contributed by atoms with van der Waals surface area (Å²) in [5.41, 5.74) is 0.472. The molecule has 3 amide bonds. The van der Waals surface area contributed by atoms with Gasteiger partial charge in [0.15, 0.2) is 0 Å². The largest absolute Gasteiger partial charge is 0.341 e. The minimum absolute atomic E-state index is 0.0172. The number of alkyl halides is 2. The summed E-state index contributed by atoms with van der Waals surface area (Å²) in [6, 6.07) is 4.21. The lowest BCUT2D eigenvalue weighted by Gasteiger charge is -2.14. The minimum atomic E-state index is -4.64. The maximum absolute atomic E-state index is 12.4. The molecule has 0 atom stereocenters. The highest BCUT2D eigenvalue weighted by molar-refractivity contribution is 7.91. The highest BCUT2D eigenvalue weighted by atomic mass is 32.2. The van der Waals surface area contributed by atoms with Gasteiger partial charge >= 0.3 is 11.8 Å². The van der Waals surface area contributed by atoms with Crippen LogP contribution in [0.5, 0.6) is 0 Å². The number of carbonyl (C=O) groups is 2. The summed E-state index contributed by atoms with van der Waals surface area (Å²) >= 11 is 0. The first kappa shape index (κ1) is 15.4. The zero-order chi connectivity index (χ0) is 15.8. The van der Waals surface area contributed by atoms with Crippen molar-refractivity contribution < 1.29 is 26.8 Å². The molecule has 1 saturated heterocycles. The van der Waals surface area contributed by atoms with Gasteiger partial charge in [0.05, 0.1) is 11.4 Å². The van der Waals surface area contributed by atoms with Gasteiger partial charge in [-0.15, -0.1) is 0 Å². The summed E-state index contributed by atoms with van der Waals surface area (Å²) in [5, 5.41) is 0. The Labute approximate surface area is 119 Å². The second-order valence-electron chi connectivity index (χ2n) is 4.57. The van der Waals surface area contributed by atoms with Gasteiger partial charge in [0.2, 0.25) is 9.84 Å². The first-order chi connectivity index (χ1) is 9.73. The Morgan fingerprint density at radius 3 is 2.19 bits per heavy atom. The fraction of sp³-hybridized carbons (Fsp3) is 0.333. The lowest BCUT2D eigenvalue weighted by Crippen LogP contribution is -2.31. The third kappa shape index (κ3) is 2.87. The molecule has 114 valence electrons. The molecule has 0 N–H and O–H groups in total. The van der Waals surface area contributed by atoms with Gasteiger partial charge in [-0.3, -0.25) is 9.69 Å². The quantitative estimate of drug-likeness (QED) is 0.779. The van der Waals surface area contributed by atoms with Crippen molar-refractivity contribution in [3.05, 3.63) is 29.8 Å². The van der Waals surface area contributed by atoms with Gasteiger partial charge in [-0.25, -0.2) is 13.2 Å². The van der Waals surface area contributed by atoms with Gasteiger partial charge in [-0.05, 0) is 17.7 Å². The van der Waals surface area contributed by atoms with E-state index < -0.39 is 26.5 Å².